The van der Waals surface area contributed by atoms with Crippen molar-refractivity contribution < 1.29 is 13.2 Å². The summed E-state index contributed by atoms with van der Waals surface area (Å²) in [7, 11) is -3.62. The second-order valence-corrected chi connectivity index (χ2v) is 6.22. The van der Waals surface area contributed by atoms with Crippen LogP contribution in [-0.4, -0.2) is 38.7 Å². The number of ether oxygens (including phenoxy) is 1. The molecule has 2 heterocycles. The Bertz CT molecular complexity index is 634. The summed E-state index contributed by atoms with van der Waals surface area (Å²) in [4.78, 5) is 4.00. The first-order chi connectivity index (χ1) is 9.53. The molecule has 20 heavy (non-hydrogen) atoms. The Hall–Kier alpha value is -1.46. The maximum Gasteiger partial charge on any atom is 0.242 e. The maximum absolute atomic E-state index is 12.3. The Labute approximate surface area is 118 Å². The summed E-state index contributed by atoms with van der Waals surface area (Å²) in [5.41, 5.74) is 5.81. The third-order valence-electron chi connectivity index (χ3n) is 3.04. The van der Waals surface area contributed by atoms with Gasteiger partial charge >= 0.3 is 0 Å². The predicted molar refractivity (Wildman–Crippen MR) is 74.3 cm³/mol. The lowest BCUT2D eigenvalue weighted by atomic mass is 10.2. The highest BCUT2D eigenvalue weighted by molar-refractivity contribution is 7.89. The summed E-state index contributed by atoms with van der Waals surface area (Å²) < 4.78 is 32.5. The first kappa shape index (κ1) is 14.9. The molecule has 0 saturated carbocycles. The van der Waals surface area contributed by atoms with Crippen molar-refractivity contribution in [3.8, 4) is 11.8 Å². The molecule has 0 aliphatic carbocycles. The molecule has 0 radical (unpaired) electrons. The van der Waals surface area contributed by atoms with Crippen molar-refractivity contribution in [2.75, 3.05) is 13.2 Å². The van der Waals surface area contributed by atoms with Gasteiger partial charge in [-0.05, 0) is 19.4 Å². The minimum atomic E-state index is -3.62. The van der Waals surface area contributed by atoms with Gasteiger partial charge in [0.1, 0.15) is 4.90 Å². The van der Waals surface area contributed by atoms with E-state index in [4.69, 9.17) is 10.5 Å². The highest BCUT2D eigenvalue weighted by Gasteiger charge is 2.29. The number of nitrogens with one attached hydrogen (secondary N) is 1. The van der Waals surface area contributed by atoms with E-state index in [-0.39, 0.29) is 23.6 Å². The Morgan fingerprint density at radius 2 is 2.35 bits per heavy atom. The van der Waals surface area contributed by atoms with Gasteiger partial charge in [-0.3, -0.25) is 4.98 Å². The number of sulfonamides is 1. The molecule has 1 fully saturated rings. The summed E-state index contributed by atoms with van der Waals surface area (Å²) in [5.74, 6) is 5.43. The van der Waals surface area contributed by atoms with Crippen LogP contribution in [0.15, 0.2) is 23.4 Å². The second kappa shape index (κ2) is 6.33. The van der Waals surface area contributed by atoms with E-state index >= 15 is 0 Å². The fourth-order valence-electron chi connectivity index (χ4n) is 1.94. The second-order valence-electron chi connectivity index (χ2n) is 4.51. The molecule has 2 unspecified atom stereocenters. The van der Waals surface area contributed by atoms with Crippen LogP contribution in [0.5, 0.6) is 0 Å². The number of hydrogen-bond donors (Lipinski definition) is 2. The average Bonchev–Trinajstić information content (AvgIpc) is 2.82. The first-order valence-corrected chi connectivity index (χ1v) is 7.79. The number of aromatic nitrogens is 1. The Morgan fingerprint density at radius 3 is 3.00 bits per heavy atom. The van der Waals surface area contributed by atoms with Gasteiger partial charge < -0.3 is 10.5 Å². The van der Waals surface area contributed by atoms with Gasteiger partial charge in [0.2, 0.25) is 10.0 Å². The van der Waals surface area contributed by atoms with Crippen molar-refractivity contribution in [2.24, 2.45) is 5.73 Å². The lowest BCUT2D eigenvalue weighted by molar-refractivity contribution is 0.117. The average molecular weight is 295 g/mol. The zero-order valence-electron chi connectivity index (χ0n) is 11.2. The van der Waals surface area contributed by atoms with Gasteiger partial charge in [0.05, 0.1) is 18.7 Å². The summed E-state index contributed by atoms with van der Waals surface area (Å²) in [5, 5.41) is 0. The van der Waals surface area contributed by atoms with E-state index in [1.165, 1.54) is 18.5 Å². The summed E-state index contributed by atoms with van der Waals surface area (Å²) in [6.07, 6.45) is 3.35. The minimum absolute atomic E-state index is 0.0976. The molecule has 2 rings (SSSR count). The molecule has 0 amide bonds. The molecule has 7 heteroatoms. The normalized spacial score (nSPS) is 22.3. The topological polar surface area (TPSA) is 94.3 Å². The van der Waals surface area contributed by atoms with Gasteiger partial charge in [-0.25, -0.2) is 13.1 Å². The van der Waals surface area contributed by atoms with E-state index in [0.717, 1.165) is 0 Å². The van der Waals surface area contributed by atoms with Crippen LogP contribution >= 0.6 is 0 Å². The molecule has 1 aliphatic rings. The zero-order valence-corrected chi connectivity index (χ0v) is 12.0. The smallest absolute Gasteiger partial charge is 0.242 e. The SMILES string of the molecule is CC1OCCC1NS(=O)(=O)c1cncc(C#CCN)c1. The molecule has 108 valence electrons. The highest BCUT2D eigenvalue weighted by atomic mass is 32.2. The Morgan fingerprint density at radius 1 is 1.55 bits per heavy atom. The fourth-order valence-corrected chi connectivity index (χ4v) is 3.27. The number of rotatable bonds is 3. The van der Waals surface area contributed by atoms with Crippen molar-refractivity contribution >= 4 is 10.0 Å². The number of nitrogens with two attached hydrogens (primary N) is 1. The zero-order chi connectivity index (χ0) is 14.6. The van der Waals surface area contributed by atoms with E-state index < -0.39 is 10.0 Å². The van der Waals surface area contributed by atoms with Crippen LogP contribution < -0.4 is 10.5 Å². The van der Waals surface area contributed by atoms with Crippen LogP contribution in [0.2, 0.25) is 0 Å². The molecule has 0 bridgehead atoms. The van der Waals surface area contributed by atoms with Crippen LogP contribution in [0.1, 0.15) is 18.9 Å². The van der Waals surface area contributed by atoms with Crippen LogP contribution in [0.4, 0.5) is 0 Å². The van der Waals surface area contributed by atoms with Crippen LogP contribution in [0.25, 0.3) is 0 Å². The lowest BCUT2D eigenvalue weighted by Crippen LogP contribution is -2.39. The highest BCUT2D eigenvalue weighted by Crippen LogP contribution is 2.17. The third kappa shape index (κ3) is 3.55. The Kier molecular flexibility index (Phi) is 4.73. The number of hydrogen-bond acceptors (Lipinski definition) is 5. The van der Waals surface area contributed by atoms with E-state index in [1.54, 1.807) is 0 Å². The maximum atomic E-state index is 12.3. The van der Waals surface area contributed by atoms with Crippen molar-refractivity contribution in [1.82, 2.24) is 9.71 Å². The molecule has 1 aliphatic heterocycles. The van der Waals surface area contributed by atoms with Crippen LogP contribution in [0.3, 0.4) is 0 Å². The van der Waals surface area contributed by atoms with Gasteiger partial charge in [-0.2, -0.15) is 0 Å². The van der Waals surface area contributed by atoms with E-state index in [2.05, 4.69) is 21.5 Å². The van der Waals surface area contributed by atoms with Crippen molar-refractivity contribution in [3.05, 3.63) is 24.0 Å². The van der Waals surface area contributed by atoms with Crippen LogP contribution in [-0.2, 0) is 14.8 Å². The quantitative estimate of drug-likeness (QED) is 0.756. The molecule has 6 nitrogen and oxygen atoms in total. The number of pyridine rings is 1. The van der Waals surface area contributed by atoms with Gasteiger partial charge in [0.25, 0.3) is 0 Å². The van der Waals surface area contributed by atoms with Gasteiger partial charge in [-0.15, -0.1) is 0 Å². The number of nitrogens with zero attached hydrogens (tertiary/aromatic N) is 1. The molecule has 1 aromatic rings. The van der Waals surface area contributed by atoms with Crippen molar-refractivity contribution in [2.45, 2.75) is 30.4 Å². The fraction of sp³-hybridized carbons (Fsp3) is 0.462. The molecule has 0 aromatic carbocycles. The van der Waals surface area contributed by atoms with E-state index in [1.807, 2.05) is 6.92 Å². The third-order valence-corrected chi connectivity index (χ3v) is 4.50. The standard InChI is InChI=1S/C13H17N3O3S/c1-10-13(4-6-19-10)16-20(17,18)12-7-11(3-2-5-14)8-15-9-12/h7-10,13,16H,4-6,14H2,1H3. The van der Waals surface area contributed by atoms with Gasteiger partial charge in [-0.1, -0.05) is 11.8 Å². The molecule has 1 saturated heterocycles. The summed E-state index contributed by atoms with van der Waals surface area (Å²) in [6, 6.07) is 1.28. The first-order valence-electron chi connectivity index (χ1n) is 6.31. The summed E-state index contributed by atoms with van der Waals surface area (Å²) >= 11 is 0. The van der Waals surface area contributed by atoms with Crippen LogP contribution in [0, 0.1) is 11.8 Å². The molecule has 3 N–H and O–H groups in total. The molecule has 0 spiro atoms. The lowest BCUT2D eigenvalue weighted by Gasteiger charge is -2.16. The predicted octanol–water partition coefficient (Wildman–Crippen LogP) is -0.152. The van der Waals surface area contributed by atoms with Gasteiger partial charge in [0, 0.05) is 24.6 Å². The van der Waals surface area contributed by atoms with E-state index in [9.17, 15) is 8.42 Å². The molecular formula is C13H17N3O3S. The summed E-state index contributed by atoms with van der Waals surface area (Å²) in [6.45, 7) is 2.63. The Balaban J connectivity index is 2.20. The van der Waals surface area contributed by atoms with Gasteiger partial charge in [0.15, 0.2) is 0 Å². The molecule has 2 atom stereocenters. The minimum Gasteiger partial charge on any atom is -0.377 e. The van der Waals surface area contributed by atoms with E-state index in [0.29, 0.717) is 18.6 Å². The van der Waals surface area contributed by atoms with Crippen molar-refractivity contribution in [1.29, 1.82) is 0 Å². The largest absolute Gasteiger partial charge is 0.377 e. The molecule has 1 aromatic heterocycles. The molecular weight excluding hydrogens is 278 g/mol. The van der Waals surface area contributed by atoms with Crippen molar-refractivity contribution in [3.63, 3.8) is 0 Å². The monoisotopic (exact) mass is 295 g/mol.